The van der Waals surface area contributed by atoms with E-state index in [1.54, 1.807) is 0 Å². The zero-order chi connectivity index (χ0) is 35.1. The summed E-state index contributed by atoms with van der Waals surface area (Å²) in [4.78, 5) is 9.48. The largest absolute Gasteiger partial charge is 0.309 e. The molecule has 0 atom stereocenters. The summed E-state index contributed by atoms with van der Waals surface area (Å²) in [5.41, 5.74) is 11.5. The molecule has 0 unspecified atom stereocenters. The molecule has 8 aromatic carbocycles. The molecular weight excluding hydrogens is 657 g/mol. The number of rotatable bonds is 2. The Hall–Kier alpha value is -7.30. The predicted octanol–water partition coefficient (Wildman–Crippen LogP) is 13.0. The van der Waals surface area contributed by atoms with E-state index in [4.69, 9.17) is 4.98 Å². The van der Waals surface area contributed by atoms with Gasteiger partial charge in [0.2, 0.25) is 0 Å². The number of pyridine rings is 2. The fraction of sp³-hybridized carbons (Fsp3) is 0. The number of nitrogens with zero attached hydrogens (tertiary/aromatic N) is 4. The molecule has 5 aromatic heterocycles. The Bertz CT molecular complexity index is 3740. The first kappa shape index (κ1) is 28.3. The average Bonchev–Trinajstić information content (AvgIpc) is 3.87. The molecule has 0 fully saturated rings. The highest BCUT2D eigenvalue weighted by molar-refractivity contribution is 6.28. The zero-order valence-electron chi connectivity index (χ0n) is 29.0. The molecule has 248 valence electrons. The quantitative estimate of drug-likeness (QED) is 0.170. The minimum absolute atomic E-state index is 0.937. The first-order valence-electron chi connectivity index (χ1n) is 18.5. The van der Waals surface area contributed by atoms with Gasteiger partial charge in [0, 0.05) is 66.7 Å². The van der Waals surface area contributed by atoms with E-state index in [-0.39, 0.29) is 0 Å². The van der Waals surface area contributed by atoms with Gasteiger partial charge in [-0.1, -0.05) is 97.1 Å². The average molecular weight is 685 g/mol. The molecule has 0 amide bonds. The van der Waals surface area contributed by atoms with Crippen LogP contribution in [0.1, 0.15) is 0 Å². The van der Waals surface area contributed by atoms with Crippen molar-refractivity contribution in [2.75, 3.05) is 0 Å². The monoisotopic (exact) mass is 684 g/mol. The van der Waals surface area contributed by atoms with Crippen LogP contribution < -0.4 is 0 Å². The Morgan fingerprint density at radius 2 is 1.09 bits per heavy atom. The zero-order valence-corrected chi connectivity index (χ0v) is 29.0. The van der Waals surface area contributed by atoms with Crippen LogP contribution in [0, 0.1) is 0 Å². The van der Waals surface area contributed by atoms with Gasteiger partial charge in [-0.25, -0.2) is 0 Å². The molecule has 0 bridgehead atoms. The smallest absolute Gasteiger partial charge is 0.0964 e. The maximum absolute atomic E-state index is 4.87. The third kappa shape index (κ3) is 3.66. The fourth-order valence-electron chi connectivity index (χ4n) is 9.44. The van der Waals surface area contributed by atoms with Gasteiger partial charge in [0.1, 0.15) is 0 Å². The molecule has 4 nitrogen and oxygen atoms in total. The lowest BCUT2D eigenvalue weighted by atomic mass is 10.00. The van der Waals surface area contributed by atoms with Crippen LogP contribution in [0.2, 0.25) is 0 Å². The number of hydrogen-bond acceptors (Lipinski definition) is 2. The normalized spacial score (nSPS) is 12.4. The van der Waals surface area contributed by atoms with Gasteiger partial charge in [0.25, 0.3) is 0 Å². The standard InChI is InChI=1S/C50H28N4/c1-3-12-43-37(8-1)38-10-5-11-39-42-27-41-33(26-46(42)54(43)50(38)39)19-21-45-47(41)40-9-2-4-13-44(40)53(45)36-20-18-30-23-31(15-16-32(30)25-36)35-24-34-17-14-29-7-6-22-51-48(29)49(34)52-28-35/h1-28H. The molecule has 0 saturated carbocycles. The minimum Gasteiger partial charge on any atom is -0.309 e. The van der Waals surface area contributed by atoms with Crippen molar-refractivity contribution in [1.29, 1.82) is 0 Å². The summed E-state index contributed by atoms with van der Waals surface area (Å²) in [7, 11) is 0. The molecule has 13 aromatic rings. The van der Waals surface area contributed by atoms with Crippen LogP contribution in [0.15, 0.2) is 170 Å². The van der Waals surface area contributed by atoms with Crippen LogP contribution in [0.4, 0.5) is 0 Å². The highest BCUT2D eigenvalue weighted by Crippen LogP contribution is 2.43. The van der Waals surface area contributed by atoms with E-state index in [2.05, 4.69) is 166 Å². The Morgan fingerprint density at radius 1 is 0.370 bits per heavy atom. The number of aromatic nitrogens is 4. The summed E-state index contributed by atoms with van der Waals surface area (Å²) in [6, 6.07) is 58.0. The SMILES string of the molecule is c1cnc2c(c1)ccc1cc(-c3ccc4cc(-n5c6ccccc6c6c7cc8c9cccc%10c%11ccccc%11n(c8cc7ccc65)c%109)ccc4c3)cnc12. The molecule has 0 N–H and O–H groups in total. The fourth-order valence-corrected chi connectivity index (χ4v) is 9.44. The molecule has 0 aliphatic carbocycles. The van der Waals surface area contributed by atoms with E-state index in [1.807, 2.05) is 18.5 Å². The van der Waals surface area contributed by atoms with Crippen molar-refractivity contribution in [3.63, 3.8) is 0 Å². The molecule has 0 saturated heterocycles. The van der Waals surface area contributed by atoms with Gasteiger partial charge in [0.15, 0.2) is 0 Å². The lowest BCUT2D eigenvalue weighted by Gasteiger charge is -2.11. The first-order valence-corrected chi connectivity index (χ1v) is 18.5. The van der Waals surface area contributed by atoms with Crippen molar-refractivity contribution in [2.24, 2.45) is 0 Å². The maximum Gasteiger partial charge on any atom is 0.0964 e. The third-order valence-electron chi connectivity index (χ3n) is 11.8. The molecular formula is C50H28N4. The van der Waals surface area contributed by atoms with E-state index in [1.165, 1.54) is 81.4 Å². The van der Waals surface area contributed by atoms with Gasteiger partial charge in [-0.3, -0.25) is 9.97 Å². The predicted molar refractivity (Wildman–Crippen MR) is 226 cm³/mol. The highest BCUT2D eigenvalue weighted by Gasteiger charge is 2.20. The molecule has 0 aliphatic rings. The summed E-state index contributed by atoms with van der Waals surface area (Å²) in [5.74, 6) is 0. The molecule has 0 spiro atoms. The summed E-state index contributed by atoms with van der Waals surface area (Å²) in [6.45, 7) is 0. The first-order chi connectivity index (χ1) is 26.8. The van der Waals surface area contributed by atoms with Crippen LogP contribution in [0.5, 0.6) is 0 Å². The van der Waals surface area contributed by atoms with Gasteiger partial charge >= 0.3 is 0 Å². The Labute approximate surface area is 308 Å². The second-order valence-electron chi connectivity index (χ2n) is 14.6. The van der Waals surface area contributed by atoms with Gasteiger partial charge in [-0.15, -0.1) is 0 Å². The Balaban J connectivity index is 0.989. The van der Waals surface area contributed by atoms with Crippen LogP contribution in [-0.4, -0.2) is 18.9 Å². The number of fused-ring (bicyclic) bond motifs is 15. The second kappa shape index (κ2) is 10.2. The molecule has 0 aliphatic heterocycles. The van der Waals surface area contributed by atoms with Crippen molar-refractivity contribution in [3.05, 3.63) is 170 Å². The van der Waals surface area contributed by atoms with Gasteiger partial charge in [-0.05, 0) is 87.8 Å². The van der Waals surface area contributed by atoms with E-state index >= 15 is 0 Å². The molecule has 54 heavy (non-hydrogen) atoms. The Kier molecular flexibility index (Phi) is 5.34. The lowest BCUT2D eigenvalue weighted by Crippen LogP contribution is -1.94. The van der Waals surface area contributed by atoms with E-state index in [0.717, 1.165) is 38.6 Å². The topological polar surface area (TPSA) is 35.1 Å². The second-order valence-corrected chi connectivity index (χ2v) is 14.6. The number of hydrogen-bond donors (Lipinski definition) is 0. The lowest BCUT2D eigenvalue weighted by molar-refractivity contribution is 1.19. The highest BCUT2D eigenvalue weighted by atomic mass is 15.0. The molecule has 0 radical (unpaired) electrons. The van der Waals surface area contributed by atoms with Crippen LogP contribution in [0.25, 0.3) is 120 Å². The van der Waals surface area contributed by atoms with E-state index < -0.39 is 0 Å². The van der Waals surface area contributed by atoms with Crippen LogP contribution in [-0.2, 0) is 0 Å². The molecule has 13 rings (SSSR count). The summed E-state index contributed by atoms with van der Waals surface area (Å²) < 4.78 is 4.91. The summed E-state index contributed by atoms with van der Waals surface area (Å²) in [6.07, 6.45) is 3.81. The van der Waals surface area contributed by atoms with Crippen molar-refractivity contribution in [3.8, 4) is 16.8 Å². The van der Waals surface area contributed by atoms with Crippen LogP contribution >= 0.6 is 0 Å². The minimum atomic E-state index is 0.937. The van der Waals surface area contributed by atoms with Gasteiger partial charge in [0.05, 0.1) is 38.6 Å². The van der Waals surface area contributed by atoms with Crippen molar-refractivity contribution >= 4 is 103 Å². The maximum atomic E-state index is 4.87. The van der Waals surface area contributed by atoms with Crippen molar-refractivity contribution < 1.29 is 0 Å². The van der Waals surface area contributed by atoms with E-state index in [0.29, 0.717) is 0 Å². The van der Waals surface area contributed by atoms with E-state index in [9.17, 15) is 0 Å². The van der Waals surface area contributed by atoms with Gasteiger partial charge < -0.3 is 8.97 Å². The molecule has 5 heterocycles. The van der Waals surface area contributed by atoms with Crippen LogP contribution in [0.3, 0.4) is 0 Å². The van der Waals surface area contributed by atoms with Crippen molar-refractivity contribution in [1.82, 2.24) is 18.9 Å². The van der Waals surface area contributed by atoms with Gasteiger partial charge in [-0.2, -0.15) is 0 Å². The molecule has 4 heteroatoms. The third-order valence-corrected chi connectivity index (χ3v) is 11.8. The summed E-state index contributed by atoms with van der Waals surface area (Å²) in [5, 5.41) is 14.9. The number of para-hydroxylation sites is 3. The number of benzene rings is 8. The Morgan fingerprint density at radius 3 is 2.04 bits per heavy atom. The van der Waals surface area contributed by atoms with Crippen molar-refractivity contribution in [2.45, 2.75) is 0 Å². The summed E-state index contributed by atoms with van der Waals surface area (Å²) >= 11 is 0.